The molecule has 0 saturated carbocycles. The number of aromatic nitrogens is 1. The predicted molar refractivity (Wildman–Crippen MR) is 63.4 cm³/mol. The zero-order valence-electron chi connectivity index (χ0n) is 8.60. The highest BCUT2D eigenvalue weighted by molar-refractivity contribution is 9.10. The van der Waals surface area contributed by atoms with Gasteiger partial charge >= 0.3 is 0 Å². The van der Waals surface area contributed by atoms with E-state index in [2.05, 4.69) is 25.9 Å². The summed E-state index contributed by atoms with van der Waals surface area (Å²) in [5, 5.41) is 0. The van der Waals surface area contributed by atoms with Crippen molar-refractivity contribution in [1.82, 2.24) is 4.98 Å². The molecule has 1 aliphatic rings. The Hall–Kier alpha value is -1.30. The Labute approximate surface area is 102 Å². The number of nitrogens with zero attached hydrogens (tertiary/aromatic N) is 2. The summed E-state index contributed by atoms with van der Waals surface area (Å²) in [5.74, 6) is 0.610. The average molecular weight is 286 g/mol. The number of rotatable bonds is 4. The monoisotopic (exact) mass is 285 g/mol. The summed E-state index contributed by atoms with van der Waals surface area (Å²) in [6.45, 7) is 1.10. The topological polar surface area (TPSA) is 69.7 Å². The van der Waals surface area contributed by atoms with E-state index in [1.165, 1.54) is 0 Å². The lowest BCUT2D eigenvalue weighted by Gasteiger charge is -2.06. The van der Waals surface area contributed by atoms with Crippen LogP contribution in [0.5, 0.6) is 5.88 Å². The fraction of sp³-hybridized carbons (Fsp3) is 0.400. The molecule has 0 aliphatic carbocycles. The third-order valence-electron chi connectivity index (χ3n) is 2.13. The van der Waals surface area contributed by atoms with Gasteiger partial charge in [0.2, 0.25) is 5.88 Å². The van der Waals surface area contributed by atoms with E-state index in [9.17, 15) is 0 Å². The molecule has 86 valence electrons. The summed E-state index contributed by atoms with van der Waals surface area (Å²) >= 11 is 3.31. The smallest absolute Gasteiger partial charge is 0.282 e. The molecular weight excluding hydrogens is 274 g/mol. The average Bonchev–Trinajstić information content (AvgIpc) is 2.67. The zero-order valence-corrected chi connectivity index (χ0v) is 10.2. The second-order valence-electron chi connectivity index (χ2n) is 3.38. The Morgan fingerprint density at radius 2 is 2.44 bits per heavy atom. The maximum Gasteiger partial charge on any atom is 0.282 e. The van der Waals surface area contributed by atoms with Crippen LogP contribution in [0.2, 0.25) is 0 Å². The highest BCUT2D eigenvalue weighted by Gasteiger charge is 2.16. The number of nitrogens with two attached hydrogens (primary N) is 1. The van der Waals surface area contributed by atoms with Crippen LogP contribution < -0.4 is 10.5 Å². The number of amidine groups is 1. The minimum Gasteiger partial charge on any atom is -0.478 e. The van der Waals surface area contributed by atoms with Crippen LogP contribution in [-0.2, 0) is 4.74 Å². The van der Waals surface area contributed by atoms with Gasteiger partial charge in [-0.05, 0) is 22.0 Å². The van der Waals surface area contributed by atoms with Crippen LogP contribution in [0.1, 0.15) is 6.42 Å². The number of aliphatic imine (C=N–C) groups is 1. The Kier molecular flexibility index (Phi) is 3.61. The molecular formula is C10H12BrN3O2. The number of hydrogen-bond acceptors (Lipinski definition) is 5. The van der Waals surface area contributed by atoms with Crippen LogP contribution in [0.4, 0.5) is 0 Å². The Bertz CT molecular complexity index is 380. The largest absolute Gasteiger partial charge is 0.478 e. The third-order valence-corrected chi connectivity index (χ3v) is 2.60. The molecule has 1 aromatic rings. The highest BCUT2D eigenvalue weighted by Crippen LogP contribution is 2.13. The first kappa shape index (κ1) is 11.2. The molecule has 1 atom stereocenters. The highest BCUT2D eigenvalue weighted by atomic mass is 79.9. The fourth-order valence-corrected chi connectivity index (χ4v) is 1.57. The van der Waals surface area contributed by atoms with Crippen molar-refractivity contribution in [2.24, 2.45) is 10.7 Å². The van der Waals surface area contributed by atoms with Gasteiger partial charge in [0.05, 0.1) is 12.6 Å². The van der Waals surface area contributed by atoms with Crippen molar-refractivity contribution >= 4 is 22.0 Å². The molecule has 1 aromatic heterocycles. The van der Waals surface area contributed by atoms with E-state index in [-0.39, 0.29) is 12.1 Å². The second kappa shape index (κ2) is 5.16. The summed E-state index contributed by atoms with van der Waals surface area (Å²) in [4.78, 5) is 8.19. The molecule has 2 heterocycles. The zero-order chi connectivity index (χ0) is 11.4. The summed E-state index contributed by atoms with van der Waals surface area (Å²) in [6, 6.07) is 4.08. The van der Waals surface area contributed by atoms with Gasteiger partial charge in [0.15, 0.2) is 0 Å². The maximum atomic E-state index is 5.46. The second-order valence-corrected chi connectivity index (χ2v) is 4.30. The van der Waals surface area contributed by atoms with Gasteiger partial charge < -0.3 is 15.2 Å². The van der Waals surface area contributed by atoms with Crippen molar-refractivity contribution in [1.29, 1.82) is 0 Å². The van der Waals surface area contributed by atoms with Gasteiger partial charge in [-0.25, -0.2) is 9.98 Å². The van der Waals surface area contributed by atoms with Crippen molar-refractivity contribution in [3.05, 3.63) is 22.8 Å². The van der Waals surface area contributed by atoms with Gasteiger partial charge in [-0.3, -0.25) is 0 Å². The number of pyridine rings is 1. The first-order valence-corrected chi connectivity index (χ1v) is 5.74. The molecule has 5 nitrogen and oxygen atoms in total. The standard InChI is InChI=1S/C10H12BrN3O2/c11-7-1-2-9(13-5-7)15-4-3-8-6-16-10(12)14-8/h1-2,5,8H,3-4,6H2,(H2,12,14)/t8-/m0/s1. The SMILES string of the molecule is NC1=N[C@@H](CCOc2ccc(Br)cn2)CO1. The molecule has 6 heteroatoms. The summed E-state index contributed by atoms with van der Waals surface area (Å²) in [7, 11) is 0. The van der Waals surface area contributed by atoms with Gasteiger partial charge in [0, 0.05) is 23.2 Å². The van der Waals surface area contributed by atoms with Crippen molar-refractivity contribution in [2.75, 3.05) is 13.2 Å². The predicted octanol–water partition coefficient (Wildman–Crippen LogP) is 1.33. The molecule has 0 amide bonds. The van der Waals surface area contributed by atoms with E-state index in [1.54, 1.807) is 6.20 Å². The fourth-order valence-electron chi connectivity index (χ4n) is 1.33. The van der Waals surface area contributed by atoms with Crippen LogP contribution in [0, 0.1) is 0 Å². The van der Waals surface area contributed by atoms with Gasteiger partial charge in [0.1, 0.15) is 6.61 Å². The molecule has 1 aliphatic heterocycles. The van der Waals surface area contributed by atoms with Gasteiger partial charge in [-0.2, -0.15) is 0 Å². The number of hydrogen-bond donors (Lipinski definition) is 1. The lowest BCUT2D eigenvalue weighted by molar-refractivity contribution is 0.258. The first-order valence-electron chi connectivity index (χ1n) is 4.94. The van der Waals surface area contributed by atoms with Crippen LogP contribution in [-0.4, -0.2) is 30.3 Å². The minimum absolute atomic E-state index is 0.107. The third kappa shape index (κ3) is 3.10. The maximum absolute atomic E-state index is 5.46. The summed E-state index contributed by atoms with van der Waals surface area (Å²) in [5.41, 5.74) is 5.39. The molecule has 2 rings (SSSR count). The molecule has 0 spiro atoms. The first-order chi connectivity index (χ1) is 7.74. The minimum atomic E-state index is 0.107. The molecule has 0 unspecified atom stereocenters. The van der Waals surface area contributed by atoms with Crippen molar-refractivity contribution in [3.8, 4) is 5.88 Å². The van der Waals surface area contributed by atoms with Crippen LogP contribution in [0.15, 0.2) is 27.8 Å². The molecule has 0 radical (unpaired) electrons. The Morgan fingerprint density at radius 1 is 1.56 bits per heavy atom. The molecule has 0 fully saturated rings. The van der Waals surface area contributed by atoms with Crippen LogP contribution in [0.25, 0.3) is 0 Å². The summed E-state index contributed by atoms with van der Waals surface area (Å²) in [6.07, 6.45) is 2.47. The van der Waals surface area contributed by atoms with Crippen LogP contribution in [0.3, 0.4) is 0 Å². The van der Waals surface area contributed by atoms with E-state index in [1.807, 2.05) is 12.1 Å². The van der Waals surface area contributed by atoms with Crippen molar-refractivity contribution in [3.63, 3.8) is 0 Å². The van der Waals surface area contributed by atoms with E-state index in [0.717, 1.165) is 10.9 Å². The van der Waals surface area contributed by atoms with Gasteiger partial charge in [-0.15, -0.1) is 0 Å². The van der Waals surface area contributed by atoms with Crippen molar-refractivity contribution < 1.29 is 9.47 Å². The lowest BCUT2D eigenvalue weighted by Crippen LogP contribution is -2.12. The van der Waals surface area contributed by atoms with Crippen LogP contribution >= 0.6 is 15.9 Å². The molecule has 0 bridgehead atoms. The number of ether oxygens (including phenoxy) is 2. The lowest BCUT2D eigenvalue weighted by atomic mass is 10.2. The normalized spacial score (nSPS) is 19.1. The van der Waals surface area contributed by atoms with Gasteiger partial charge in [0.25, 0.3) is 6.02 Å². The van der Waals surface area contributed by atoms with Gasteiger partial charge in [-0.1, -0.05) is 0 Å². The quantitative estimate of drug-likeness (QED) is 0.906. The molecule has 16 heavy (non-hydrogen) atoms. The van der Waals surface area contributed by atoms with E-state index in [0.29, 0.717) is 19.1 Å². The van der Waals surface area contributed by atoms with E-state index >= 15 is 0 Å². The Morgan fingerprint density at radius 3 is 3.06 bits per heavy atom. The van der Waals surface area contributed by atoms with E-state index in [4.69, 9.17) is 15.2 Å². The molecule has 2 N–H and O–H groups in total. The summed E-state index contributed by atoms with van der Waals surface area (Å²) < 4.78 is 11.4. The van der Waals surface area contributed by atoms with E-state index < -0.39 is 0 Å². The molecule has 0 aromatic carbocycles. The van der Waals surface area contributed by atoms with Crippen molar-refractivity contribution in [2.45, 2.75) is 12.5 Å². The molecule has 0 saturated heterocycles. The Balaban J connectivity index is 1.74. The number of halogens is 1.